The van der Waals surface area contributed by atoms with E-state index >= 15 is 0 Å². The Morgan fingerprint density at radius 1 is 1.53 bits per heavy atom. The molecule has 1 aliphatic carbocycles. The lowest BCUT2D eigenvalue weighted by molar-refractivity contribution is 0.0981. The molecule has 0 unspecified atom stereocenters. The van der Waals surface area contributed by atoms with Crippen molar-refractivity contribution in [1.29, 1.82) is 0 Å². The third-order valence-corrected chi connectivity index (χ3v) is 2.21. The lowest BCUT2D eigenvalue weighted by Gasteiger charge is -1.96. The van der Waals surface area contributed by atoms with Gasteiger partial charge in [-0.05, 0) is 19.3 Å². The van der Waals surface area contributed by atoms with E-state index < -0.39 is 0 Å². The van der Waals surface area contributed by atoms with Crippen LogP contribution < -0.4 is 5.32 Å². The molecule has 2 rings (SSSR count). The van der Waals surface area contributed by atoms with Gasteiger partial charge in [0.15, 0.2) is 5.82 Å². The Hall–Kier alpha value is -0.940. The minimum Gasteiger partial charge on any atom is -0.372 e. The summed E-state index contributed by atoms with van der Waals surface area (Å²) in [5.41, 5.74) is 0. The van der Waals surface area contributed by atoms with Crippen molar-refractivity contribution in [3.05, 3.63) is 11.7 Å². The molecule has 0 radical (unpaired) electrons. The molecule has 5 nitrogen and oxygen atoms in total. The van der Waals surface area contributed by atoms with Gasteiger partial charge in [0.25, 0.3) is 5.89 Å². The molecule has 0 atom stereocenters. The summed E-state index contributed by atoms with van der Waals surface area (Å²) in [6, 6.07) is 0.670. The van der Waals surface area contributed by atoms with Crippen molar-refractivity contribution in [3.8, 4) is 0 Å². The Bertz CT molecular complexity index is 297. The summed E-state index contributed by atoms with van der Waals surface area (Å²) in [7, 11) is 0. The summed E-state index contributed by atoms with van der Waals surface area (Å²) < 4.78 is 10.3. The maximum absolute atomic E-state index is 5.30. The van der Waals surface area contributed by atoms with E-state index in [1.807, 2.05) is 0 Å². The lowest BCUT2D eigenvalue weighted by atomic mass is 10.5. The van der Waals surface area contributed by atoms with E-state index in [-0.39, 0.29) is 0 Å². The number of nitrogens with one attached hydrogen (secondary N) is 1. The topological polar surface area (TPSA) is 60.2 Å². The molecule has 84 valence electrons. The quantitative estimate of drug-likeness (QED) is 0.688. The summed E-state index contributed by atoms with van der Waals surface area (Å²) in [6.07, 6.45) is 3.54. The maximum atomic E-state index is 5.30. The van der Waals surface area contributed by atoms with Gasteiger partial charge in [0, 0.05) is 12.6 Å². The summed E-state index contributed by atoms with van der Waals surface area (Å²) in [6.45, 7) is 3.92. The maximum Gasteiger partial charge on any atom is 0.252 e. The number of aromatic nitrogens is 2. The van der Waals surface area contributed by atoms with Crippen LogP contribution in [0.5, 0.6) is 0 Å². The molecule has 1 fully saturated rings. The smallest absolute Gasteiger partial charge is 0.252 e. The average Bonchev–Trinajstić information content (AvgIpc) is 2.97. The first-order chi connectivity index (χ1) is 7.38. The zero-order valence-corrected chi connectivity index (χ0v) is 9.03. The van der Waals surface area contributed by atoms with Crippen molar-refractivity contribution >= 4 is 0 Å². The minimum absolute atomic E-state index is 0.421. The fourth-order valence-electron chi connectivity index (χ4n) is 1.25. The van der Waals surface area contributed by atoms with E-state index in [4.69, 9.17) is 9.26 Å². The van der Waals surface area contributed by atoms with Gasteiger partial charge in [-0.3, -0.25) is 0 Å². The molecule has 1 aliphatic rings. The molecule has 0 spiro atoms. The Kier molecular flexibility index (Phi) is 3.69. The first kappa shape index (κ1) is 10.6. The SMILES string of the molecule is CCCOCc1nc(CNC2CC2)no1. The van der Waals surface area contributed by atoms with Crippen LogP contribution >= 0.6 is 0 Å². The predicted molar refractivity (Wildman–Crippen MR) is 54.1 cm³/mol. The molecule has 1 aromatic heterocycles. The molecule has 1 N–H and O–H groups in total. The molecule has 0 amide bonds. The van der Waals surface area contributed by atoms with Gasteiger partial charge in [-0.1, -0.05) is 12.1 Å². The third kappa shape index (κ3) is 3.60. The van der Waals surface area contributed by atoms with Gasteiger partial charge in [0.1, 0.15) is 6.61 Å². The van der Waals surface area contributed by atoms with Crippen molar-refractivity contribution < 1.29 is 9.26 Å². The van der Waals surface area contributed by atoms with E-state index in [1.165, 1.54) is 12.8 Å². The molecule has 0 aliphatic heterocycles. The zero-order chi connectivity index (χ0) is 10.5. The van der Waals surface area contributed by atoms with Crippen molar-refractivity contribution in [2.75, 3.05) is 6.61 Å². The number of hydrogen-bond donors (Lipinski definition) is 1. The summed E-state index contributed by atoms with van der Waals surface area (Å²) in [5.74, 6) is 1.29. The van der Waals surface area contributed by atoms with Crippen molar-refractivity contribution in [1.82, 2.24) is 15.5 Å². The highest BCUT2D eigenvalue weighted by molar-refractivity contribution is 4.88. The van der Waals surface area contributed by atoms with E-state index in [1.54, 1.807) is 0 Å². The number of ether oxygens (including phenoxy) is 1. The Morgan fingerprint density at radius 3 is 3.13 bits per heavy atom. The van der Waals surface area contributed by atoms with Gasteiger partial charge in [0.05, 0.1) is 6.54 Å². The van der Waals surface area contributed by atoms with Crippen LogP contribution in [-0.4, -0.2) is 22.8 Å². The first-order valence-electron chi connectivity index (χ1n) is 5.51. The Morgan fingerprint density at radius 2 is 2.40 bits per heavy atom. The van der Waals surface area contributed by atoms with Crippen LogP contribution in [0, 0.1) is 0 Å². The van der Waals surface area contributed by atoms with E-state index in [0.29, 0.717) is 25.1 Å². The van der Waals surface area contributed by atoms with Crippen LogP contribution in [0.4, 0.5) is 0 Å². The predicted octanol–water partition coefficient (Wildman–Crippen LogP) is 1.25. The largest absolute Gasteiger partial charge is 0.372 e. The van der Waals surface area contributed by atoms with Crippen LogP contribution in [0.25, 0.3) is 0 Å². The van der Waals surface area contributed by atoms with Gasteiger partial charge in [-0.2, -0.15) is 4.98 Å². The fourth-order valence-corrected chi connectivity index (χ4v) is 1.25. The molecular formula is C10H17N3O2. The number of nitrogens with zero attached hydrogens (tertiary/aromatic N) is 2. The molecule has 15 heavy (non-hydrogen) atoms. The highest BCUT2D eigenvalue weighted by atomic mass is 16.5. The standard InChI is InChI=1S/C10H17N3O2/c1-2-5-14-7-10-12-9(13-15-10)6-11-8-3-4-8/h8,11H,2-7H2,1H3. The van der Waals surface area contributed by atoms with Crippen LogP contribution in [0.3, 0.4) is 0 Å². The van der Waals surface area contributed by atoms with Crippen molar-refractivity contribution in [2.24, 2.45) is 0 Å². The summed E-state index contributed by atoms with van der Waals surface area (Å²) >= 11 is 0. The molecule has 1 saturated carbocycles. The second kappa shape index (κ2) is 5.23. The van der Waals surface area contributed by atoms with Crippen molar-refractivity contribution in [2.45, 2.75) is 45.4 Å². The molecule has 0 bridgehead atoms. The van der Waals surface area contributed by atoms with E-state index in [0.717, 1.165) is 18.9 Å². The highest BCUT2D eigenvalue weighted by Crippen LogP contribution is 2.18. The molecule has 0 aromatic carbocycles. The molecule has 5 heteroatoms. The Labute approximate surface area is 89.2 Å². The van der Waals surface area contributed by atoms with Crippen LogP contribution in [0.15, 0.2) is 4.52 Å². The first-order valence-corrected chi connectivity index (χ1v) is 5.51. The molecule has 1 aromatic rings. The van der Waals surface area contributed by atoms with Gasteiger partial charge in [-0.15, -0.1) is 0 Å². The number of rotatable bonds is 7. The van der Waals surface area contributed by atoms with Crippen molar-refractivity contribution in [3.63, 3.8) is 0 Å². The summed E-state index contributed by atoms with van der Waals surface area (Å²) in [5, 5.41) is 7.19. The number of hydrogen-bond acceptors (Lipinski definition) is 5. The zero-order valence-electron chi connectivity index (χ0n) is 9.03. The average molecular weight is 211 g/mol. The second-order valence-electron chi connectivity index (χ2n) is 3.81. The third-order valence-electron chi connectivity index (χ3n) is 2.21. The van der Waals surface area contributed by atoms with Crippen LogP contribution in [0.2, 0.25) is 0 Å². The fraction of sp³-hybridized carbons (Fsp3) is 0.800. The van der Waals surface area contributed by atoms with Gasteiger partial charge in [0.2, 0.25) is 0 Å². The Balaban J connectivity index is 1.70. The lowest BCUT2D eigenvalue weighted by Crippen LogP contribution is -2.16. The van der Waals surface area contributed by atoms with Gasteiger partial charge >= 0.3 is 0 Å². The monoisotopic (exact) mass is 211 g/mol. The highest BCUT2D eigenvalue weighted by Gasteiger charge is 2.20. The molecule has 1 heterocycles. The van der Waals surface area contributed by atoms with E-state index in [2.05, 4.69) is 22.4 Å². The van der Waals surface area contributed by atoms with Gasteiger partial charge < -0.3 is 14.6 Å². The van der Waals surface area contributed by atoms with Gasteiger partial charge in [-0.25, -0.2) is 0 Å². The normalized spacial score (nSPS) is 15.8. The van der Waals surface area contributed by atoms with Crippen LogP contribution in [-0.2, 0) is 17.9 Å². The molecular weight excluding hydrogens is 194 g/mol. The minimum atomic E-state index is 0.421. The van der Waals surface area contributed by atoms with E-state index in [9.17, 15) is 0 Å². The second-order valence-corrected chi connectivity index (χ2v) is 3.81. The summed E-state index contributed by atoms with van der Waals surface area (Å²) in [4.78, 5) is 4.22. The van der Waals surface area contributed by atoms with Crippen LogP contribution in [0.1, 0.15) is 37.9 Å². The molecule has 0 saturated heterocycles.